The minimum absolute atomic E-state index is 0.0548. The molecule has 8 nitrogen and oxygen atoms in total. The number of nitrogens with one attached hydrogen (secondary N) is 1. The third-order valence-electron chi connectivity index (χ3n) is 3.33. The number of alkyl halides is 2. The fourth-order valence-electron chi connectivity index (χ4n) is 2.06. The molecule has 0 fully saturated rings. The average molecular weight is 375 g/mol. The van der Waals surface area contributed by atoms with Crippen LogP contribution in [-0.2, 0) is 11.3 Å². The van der Waals surface area contributed by atoms with Gasteiger partial charge in [-0.3, -0.25) is 19.6 Å². The first-order valence-electron chi connectivity index (χ1n) is 6.87. The monoisotopic (exact) mass is 374 g/mol. The summed E-state index contributed by atoms with van der Waals surface area (Å²) in [6.45, 7) is 1.01. The molecule has 1 amide bonds. The quantitative estimate of drug-likeness (QED) is 0.617. The Morgan fingerprint density at radius 2 is 2.20 bits per heavy atom. The summed E-state index contributed by atoms with van der Waals surface area (Å²) in [4.78, 5) is 22.5. The molecule has 11 heteroatoms. The molecule has 2 rings (SSSR count). The minimum atomic E-state index is -2.88. The van der Waals surface area contributed by atoms with Gasteiger partial charge in [-0.1, -0.05) is 11.6 Å². The lowest BCUT2D eigenvalue weighted by Gasteiger charge is -2.08. The number of amides is 1. The zero-order valence-electron chi connectivity index (χ0n) is 13.1. The molecule has 0 aliphatic carbocycles. The molecule has 0 bridgehead atoms. The van der Waals surface area contributed by atoms with E-state index in [2.05, 4.69) is 10.4 Å². The van der Waals surface area contributed by atoms with Crippen LogP contribution in [0.2, 0.25) is 5.02 Å². The van der Waals surface area contributed by atoms with Crippen LogP contribution < -0.4 is 10.1 Å². The SMILES string of the molecule is COc1ccc(NC(=O)Cn2nc(C(F)F)c(Cl)c2C)c([N+](=O)[O-])c1. The number of hydrogen-bond acceptors (Lipinski definition) is 5. The second kappa shape index (κ2) is 7.43. The van der Waals surface area contributed by atoms with Gasteiger partial charge in [-0.2, -0.15) is 5.10 Å². The van der Waals surface area contributed by atoms with Crippen molar-refractivity contribution in [2.45, 2.75) is 19.9 Å². The second-order valence-electron chi connectivity index (χ2n) is 4.93. The van der Waals surface area contributed by atoms with Gasteiger partial charge in [0.2, 0.25) is 5.91 Å². The van der Waals surface area contributed by atoms with E-state index < -0.39 is 29.5 Å². The molecule has 25 heavy (non-hydrogen) atoms. The molecule has 0 aliphatic heterocycles. The van der Waals surface area contributed by atoms with E-state index >= 15 is 0 Å². The maximum atomic E-state index is 12.8. The van der Waals surface area contributed by atoms with E-state index in [1.165, 1.54) is 26.2 Å². The summed E-state index contributed by atoms with van der Waals surface area (Å²) in [5, 5.41) is 16.8. The fraction of sp³-hybridized carbons (Fsp3) is 0.286. The lowest BCUT2D eigenvalue weighted by atomic mass is 10.2. The third-order valence-corrected chi connectivity index (χ3v) is 3.80. The summed E-state index contributed by atoms with van der Waals surface area (Å²) in [5.41, 5.74) is -0.851. The molecule has 1 aromatic heterocycles. The van der Waals surface area contributed by atoms with Crippen LogP contribution in [0, 0.1) is 17.0 Å². The summed E-state index contributed by atoms with van der Waals surface area (Å²) in [6, 6.07) is 3.90. The number of hydrogen-bond donors (Lipinski definition) is 1. The van der Waals surface area contributed by atoms with Crippen molar-refractivity contribution in [2.75, 3.05) is 12.4 Å². The summed E-state index contributed by atoms with van der Waals surface area (Å²) < 4.78 is 31.4. The highest BCUT2D eigenvalue weighted by Gasteiger charge is 2.22. The van der Waals surface area contributed by atoms with Crippen molar-refractivity contribution in [3.8, 4) is 5.75 Å². The Bertz CT molecular complexity index is 825. The molecule has 0 unspecified atom stereocenters. The van der Waals surface area contributed by atoms with Gasteiger partial charge in [-0.05, 0) is 19.1 Å². The maximum absolute atomic E-state index is 12.8. The number of methoxy groups -OCH3 is 1. The van der Waals surface area contributed by atoms with Crippen LogP contribution in [0.3, 0.4) is 0 Å². The lowest BCUT2D eigenvalue weighted by Crippen LogP contribution is -2.21. The highest BCUT2D eigenvalue weighted by Crippen LogP contribution is 2.30. The van der Waals surface area contributed by atoms with E-state index in [1.807, 2.05) is 0 Å². The number of nitro benzene ring substituents is 1. The highest BCUT2D eigenvalue weighted by molar-refractivity contribution is 6.31. The summed E-state index contributed by atoms with van der Waals surface area (Å²) >= 11 is 5.75. The molecule has 2 aromatic rings. The normalized spacial score (nSPS) is 10.8. The summed E-state index contributed by atoms with van der Waals surface area (Å²) in [5.74, 6) is -0.433. The van der Waals surface area contributed by atoms with Crippen molar-refractivity contribution in [2.24, 2.45) is 0 Å². The highest BCUT2D eigenvalue weighted by atomic mass is 35.5. The van der Waals surface area contributed by atoms with E-state index in [-0.39, 0.29) is 27.8 Å². The number of carbonyl (C=O) groups is 1. The lowest BCUT2D eigenvalue weighted by molar-refractivity contribution is -0.384. The molecule has 1 heterocycles. The van der Waals surface area contributed by atoms with Crippen molar-refractivity contribution in [3.05, 3.63) is 44.7 Å². The molecule has 0 atom stereocenters. The Labute approximate surface area is 145 Å². The van der Waals surface area contributed by atoms with E-state index in [9.17, 15) is 23.7 Å². The van der Waals surface area contributed by atoms with Crippen LogP contribution in [0.4, 0.5) is 20.2 Å². The number of ether oxygens (including phenoxy) is 1. The van der Waals surface area contributed by atoms with Crippen molar-refractivity contribution >= 4 is 28.9 Å². The van der Waals surface area contributed by atoms with Gasteiger partial charge in [0, 0.05) is 0 Å². The van der Waals surface area contributed by atoms with Gasteiger partial charge >= 0.3 is 0 Å². The van der Waals surface area contributed by atoms with Gasteiger partial charge in [0.05, 0.1) is 28.8 Å². The Balaban J connectivity index is 2.21. The van der Waals surface area contributed by atoms with Crippen LogP contribution in [0.1, 0.15) is 17.8 Å². The van der Waals surface area contributed by atoms with Gasteiger partial charge in [0.25, 0.3) is 12.1 Å². The molecule has 0 aliphatic rings. The molecule has 1 aromatic carbocycles. The number of halogens is 3. The largest absolute Gasteiger partial charge is 0.496 e. The Morgan fingerprint density at radius 1 is 1.52 bits per heavy atom. The summed E-state index contributed by atoms with van der Waals surface area (Å²) in [6.07, 6.45) is -2.88. The minimum Gasteiger partial charge on any atom is -0.496 e. The maximum Gasteiger partial charge on any atom is 0.296 e. The van der Waals surface area contributed by atoms with Crippen LogP contribution in [-0.4, -0.2) is 27.7 Å². The fourth-order valence-corrected chi connectivity index (χ4v) is 2.28. The zero-order chi connectivity index (χ0) is 18.7. The summed E-state index contributed by atoms with van der Waals surface area (Å²) in [7, 11) is 1.35. The van der Waals surface area contributed by atoms with E-state index in [4.69, 9.17) is 16.3 Å². The molecule has 0 saturated heterocycles. The average Bonchev–Trinajstić information content (AvgIpc) is 2.83. The van der Waals surface area contributed by atoms with Crippen molar-refractivity contribution in [1.29, 1.82) is 0 Å². The van der Waals surface area contributed by atoms with E-state index in [0.717, 1.165) is 10.7 Å². The number of rotatable bonds is 6. The van der Waals surface area contributed by atoms with Crippen molar-refractivity contribution < 1.29 is 23.2 Å². The number of benzene rings is 1. The number of nitro groups is 1. The Hall–Kier alpha value is -2.75. The first-order valence-corrected chi connectivity index (χ1v) is 7.25. The molecule has 0 spiro atoms. The molecule has 1 N–H and O–H groups in total. The van der Waals surface area contributed by atoms with Crippen LogP contribution in [0.15, 0.2) is 18.2 Å². The van der Waals surface area contributed by atoms with E-state index in [0.29, 0.717) is 0 Å². The van der Waals surface area contributed by atoms with Gasteiger partial charge < -0.3 is 10.1 Å². The van der Waals surface area contributed by atoms with Crippen LogP contribution >= 0.6 is 11.6 Å². The van der Waals surface area contributed by atoms with Crippen LogP contribution in [0.25, 0.3) is 0 Å². The predicted octanol–water partition coefficient (Wildman–Crippen LogP) is 3.34. The van der Waals surface area contributed by atoms with Gasteiger partial charge in [0.15, 0.2) is 0 Å². The molecule has 0 radical (unpaired) electrons. The number of carbonyl (C=O) groups excluding carboxylic acids is 1. The van der Waals surface area contributed by atoms with Gasteiger partial charge in [-0.15, -0.1) is 0 Å². The smallest absolute Gasteiger partial charge is 0.296 e. The third kappa shape index (κ3) is 4.02. The molecule has 134 valence electrons. The first-order chi connectivity index (χ1) is 11.7. The molecule has 0 saturated carbocycles. The van der Waals surface area contributed by atoms with Gasteiger partial charge in [0.1, 0.15) is 23.7 Å². The number of anilines is 1. The Kier molecular flexibility index (Phi) is 5.52. The van der Waals surface area contributed by atoms with E-state index in [1.54, 1.807) is 0 Å². The standard InChI is InChI=1S/C14H13ClF2N4O4/c1-7-12(15)13(14(16)17)19-20(7)6-11(22)18-9-4-3-8(25-2)5-10(9)21(23)24/h3-5,14H,6H2,1-2H3,(H,18,22). The number of aromatic nitrogens is 2. The first kappa shape index (κ1) is 18.6. The topological polar surface area (TPSA) is 99.3 Å². The second-order valence-corrected chi connectivity index (χ2v) is 5.31. The Morgan fingerprint density at radius 3 is 2.72 bits per heavy atom. The van der Waals surface area contributed by atoms with Crippen molar-refractivity contribution in [3.63, 3.8) is 0 Å². The van der Waals surface area contributed by atoms with Crippen LogP contribution in [0.5, 0.6) is 5.75 Å². The predicted molar refractivity (Wildman–Crippen MR) is 85.2 cm³/mol. The molecular formula is C14H13ClF2N4O4. The number of nitrogens with zero attached hydrogens (tertiary/aromatic N) is 3. The zero-order valence-corrected chi connectivity index (χ0v) is 13.9. The van der Waals surface area contributed by atoms with Gasteiger partial charge in [-0.25, -0.2) is 8.78 Å². The molecular weight excluding hydrogens is 362 g/mol. The van der Waals surface area contributed by atoms with Crippen molar-refractivity contribution in [1.82, 2.24) is 9.78 Å².